The summed E-state index contributed by atoms with van der Waals surface area (Å²) in [4.78, 5) is 27.0. The number of alkyl carbamates (subject to hydrolysis) is 1. The number of ether oxygens (including phenoxy) is 4. The zero-order valence-corrected chi connectivity index (χ0v) is 16.9. The number of rotatable bonds is 9. The van der Waals surface area contributed by atoms with Gasteiger partial charge in [-0.2, -0.15) is 0 Å². The predicted octanol–water partition coefficient (Wildman–Crippen LogP) is 1.37. The summed E-state index contributed by atoms with van der Waals surface area (Å²) >= 11 is 0. The van der Waals surface area contributed by atoms with Crippen molar-refractivity contribution in [3.05, 3.63) is 30.2 Å². The summed E-state index contributed by atoms with van der Waals surface area (Å²) in [5, 5.41) is 10.2. The van der Waals surface area contributed by atoms with Crippen molar-refractivity contribution in [3.63, 3.8) is 0 Å². The van der Waals surface area contributed by atoms with E-state index in [2.05, 4.69) is 25.3 Å². The Balaban J connectivity index is 1.70. The van der Waals surface area contributed by atoms with Crippen LogP contribution in [0, 0.1) is 0 Å². The van der Waals surface area contributed by atoms with E-state index < -0.39 is 17.7 Å². The van der Waals surface area contributed by atoms with Gasteiger partial charge in [0.05, 0.1) is 32.2 Å². The molecule has 0 unspecified atom stereocenters. The minimum atomic E-state index is -0.569. The standard InChI is InChI=1S/C18H25N5O6/c1-18(2,3)29-17(25)20-7-8-27-9-10-28-15-11-13(5-6-19-15)23-12-14(21-22-23)16(24)26-4/h5-6,11-12H,7-10H2,1-4H3,(H,20,25). The second-order valence-electron chi connectivity index (χ2n) is 6.78. The maximum Gasteiger partial charge on any atom is 0.407 e. The summed E-state index contributed by atoms with van der Waals surface area (Å²) in [6.07, 6.45) is 2.52. The predicted molar refractivity (Wildman–Crippen MR) is 101 cm³/mol. The molecule has 0 aliphatic rings. The number of hydrogen-bond donors (Lipinski definition) is 1. The topological polar surface area (TPSA) is 127 Å². The van der Waals surface area contributed by atoms with E-state index in [0.717, 1.165) is 0 Å². The maximum atomic E-state index is 11.5. The highest BCUT2D eigenvalue weighted by Gasteiger charge is 2.15. The van der Waals surface area contributed by atoms with E-state index in [-0.39, 0.29) is 12.3 Å². The first-order valence-corrected chi connectivity index (χ1v) is 8.93. The number of nitrogens with zero attached hydrogens (tertiary/aromatic N) is 4. The van der Waals surface area contributed by atoms with Crippen LogP contribution in [0.15, 0.2) is 24.5 Å². The normalized spacial score (nSPS) is 11.0. The van der Waals surface area contributed by atoms with Gasteiger partial charge in [0.1, 0.15) is 12.2 Å². The average molecular weight is 407 g/mol. The molecule has 0 aliphatic carbocycles. The number of esters is 1. The first-order chi connectivity index (χ1) is 13.8. The fourth-order valence-corrected chi connectivity index (χ4v) is 2.06. The van der Waals surface area contributed by atoms with Gasteiger partial charge in [-0.3, -0.25) is 0 Å². The van der Waals surface area contributed by atoms with Crippen molar-refractivity contribution in [2.24, 2.45) is 0 Å². The van der Waals surface area contributed by atoms with Crippen LogP contribution in [-0.4, -0.2) is 71.1 Å². The quantitative estimate of drug-likeness (QED) is 0.484. The van der Waals surface area contributed by atoms with Gasteiger partial charge in [0.2, 0.25) is 5.88 Å². The number of nitrogens with one attached hydrogen (secondary N) is 1. The molecular weight excluding hydrogens is 382 g/mol. The molecule has 0 spiro atoms. The first kappa shape index (κ1) is 22.1. The Morgan fingerprint density at radius 3 is 2.72 bits per heavy atom. The van der Waals surface area contributed by atoms with Gasteiger partial charge in [0.25, 0.3) is 0 Å². The van der Waals surface area contributed by atoms with E-state index >= 15 is 0 Å². The summed E-state index contributed by atoms with van der Waals surface area (Å²) in [7, 11) is 1.27. The van der Waals surface area contributed by atoms with Crippen LogP contribution in [0.5, 0.6) is 5.88 Å². The molecule has 0 atom stereocenters. The smallest absolute Gasteiger partial charge is 0.407 e. The Morgan fingerprint density at radius 2 is 2.00 bits per heavy atom. The van der Waals surface area contributed by atoms with Crippen molar-refractivity contribution < 1.29 is 28.5 Å². The van der Waals surface area contributed by atoms with Gasteiger partial charge in [-0.05, 0) is 26.8 Å². The lowest BCUT2D eigenvalue weighted by atomic mass is 10.2. The third-order valence-corrected chi connectivity index (χ3v) is 3.26. The van der Waals surface area contributed by atoms with Crippen LogP contribution in [0.25, 0.3) is 5.69 Å². The molecule has 0 saturated carbocycles. The molecule has 1 amide bonds. The molecule has 0 saturated heterocycles. The number of methoxy groups -OCH3 is 1. The molecule has 1 N–H and O–H groups in total. The molecule has 0 fully saturated rings. The van der Waals surface area contributed by atoms with Crippen LogP contribution in [0.3, 0.4) is 0 Å². The third kappa shape index (κ3) is 7.74. The third-order valence-electron chi connectivity index (χ3n) is 3.26. The Morgan fingerprint density at radius 1 is 1.21 bits per heavy atom. The van der Waals surface area contributed by atoms with Gasteiger partial charge in [-0.1, -0.05) is 5.21 Å². The van der Waals surface area contributed by atoms with Gasteiger partial charge < -0.3 is 24.3 Å². The Hall–Kier alpha value is -3.21. The van der Waals surface area contributed by atoms with Crippen molar-refractivity contribution in [2.75, 3.05) is 33.5 Å². The lowest BCUT2D eigenvalue weighted by molar-refractivity contribution is 0.0487. The average Bonchev–Trinajstić information content (AvgIpc) is 3.16. The molecule has 0 aromatic carbocycles. The summed E-state index contributed by atoms with van der Waals surface area (Å²) in [5.74, 6) is -0.201. The van der Waals surface area contributed by atoms with Crippen molar-refractivity contribution in [1.29, 1.82) is 0 Å². The Labute approximate surface area is 168 Å². The van der Waals surface area contributed by atoms with E-state index in [0.29, 0.717) is 31.3 Å². The molecular formula is C18H25N5O6. The maximum absolute atomic E-state index is 11.5. The molecule has 2 aromatic heterocycles. The van der Waals surface area contributed by atoms with Crippen molar-refractivity contribution in [2.45, 2.75) is 26.4 Å². The largest absolute Gasteiger partial charge is 0.475 e. The second kappa shape index (κ2) is 10.4. The van der Waals surface area contributed by atoms with E-state index in [1.54, 1.807) is 39.1 Å². The molecule has 0 aliphatic heterocycles. The fraction of sp³-hybridized carbons (Fsp3) is 0.500. The number of amides is 1. The highest BCUT2D eigenvalue weighted by atomic mass is 16.6. The lowest BCUT2D eigenvalue weighted by Gasteiger charge is -2.19. The minimum absolute atomic E-state index is 0.0974. The molecule has 2 aromatic rings. The molecule has 158 valence electrons. The van der Waals surface area contributed by atoms with Crippen LogP contribution in [0.2, 0.25) is 0 Å². The van der Waals surface area contributed by atoms with Gasteiger partial charge in [-0.25, -0.2) is 19.3 Å². The summed E-state index contributed by atoms with van der Waals surface area (Å²) in [6, 6.07) is 3.35. The van der Waals surface area contributed by atoms with E-state index in [9.17, 15) is 9.59 Å². The Bertz CT molecular complexity index is 817. The van der Waals surface area contributed by atoms with Gasteiger partial charge >= 0.3 is 12.1 Å². The highest BCUT2D eigenvalue weighted by Crippen LogP contribution is 2.13. The van der Waals surface area contributed by atoms with Gasteiger partial charge in [-0.15, -0.1) is 5.10 Å². The molecule has 0 bridgehead atoms. The number of pyridine rings is 1. The number of hydrogen-bond acceptors (Lipinski definition) is 9. The van der Waals surface area contributed by atoms with Crippen LogP contribution in [0.1, 0.15) is 31.3 Å². The van der Waals surface area contributed by atoms with Crippen molar-refractivity contribution >= 4 is 12.1 Å². The molecule has 2 rings (SSSR count). The van der Waals surface area contributed by atoms with Crippen molar-refractivity contribution in [1.82, 2.24) is 25.3 Å². The van der Waals surface area contributed by atoms with E-state index in [4.69, 9.17) is 14.2 Å². The monoisotopic (exact) mass is 407 g/mol. The highest BCUT2D eigenvalue weighted by molar-refractivity contribution is 5.86. The van der Waals surface area contributed by atoms with E-state index in [1.165, 1.54) is 18.0 Å². The summed E-state index contributed by atoms with van der Waals surface area (Å²) < 4.78 is 22.1. The molecule has 0 radical (unpaired) electrons. The fourth-order valence-electron chi connectivity index (χ4n) is 2.06. The van der Waals surface area contributed by atoms with Crippen molar-refractivity contribution in [3.8, 4) is 11.6 Å². The molecule has 29 heavy (non-hydrogen) atoms. The van der Waals surface area contributed by atoms with E-state index in [1.807, 2.05) is 0 Å². The zero-order chi connectivity index (χ0) is 21.3. The summed E-state index contributed by atoms with van der Waals surface area (Å²) in [5.41, 5.74) is 0.188. The second-order valence-corrected chi connectivity index (χ2v) is 6.78. The zero-order valence-electron chi connectivity index (χ0n) is 16.9. The molecule has 2 heterocycles. The van der Waals surface area contributed by atoms with Crippen LogP contribution in [-0.2, 0) is 14.2 Å². The van der Waals surface area contributed by atoms with Crippen LogP contribution >= 0.6 is 0 Å². The van der Waals surface area contributed by atoms with Gasteiger partial charge in [0.15, 0.2) is 5.69 Å². The SMILES string of the molecule is COC(=O)c1cn(-c2ccnc(OCCOCCNC(=O)OC(C)(C)C)c2)nn1. The number of carbonyl (C=O) groups excluding carboxylic acids is 2. The number of aromatic nitrogens is 4. The lowest BCUT2D eigenvalue weighted by Crippen LogP contribution is -2.34. The van der Waals surface area contributed by atoms with Crippen LogP contribution < -0.4 is 10.1 Å². The van der Waals surface area contributed by atoms with Crippen LogP contribution in [0.4, 0.5) is 4.79 Å². The Kier molecular flexibility index (Phi) is 7.89. The number of carbonyl (C=O) groups is 2. The first-order valence-electron chi connectivity index (χ1n) is 8.93. The summed E-state index contributed by atoms with van der Waals surface area (Å²) in [6.45, 7) is 6.63. The van der Waals surface area contributed by atoms with Gasteiger partial charge in [0, 0.05) is 18.8 Å². The minimum Gasteiger partial charge on any atom is -0.475 e. The molecule has 11 heteroatoms. The molecule has 11 nitrogen and oxygen atoms in total.